The van der Waals surface area contributed by atoms with E-state index in [2.05, 4.69) is 8.37 Å². The van der Waals surface area contributed by atoms with Crippen molar-refractivity contribution < 1.29 is 79.6 Å². The first-order valence-corrected chi connectivity index (χ1v) is 10.6. The van der Waals surface area contributed by atoms with Crippen molar-refractivity contribution >= 4 is 32.9 Å². The molecule has 9 N–H and O–H groups in total. The summed E-state index contributed by atoms with van der Waals surface area (Å²) in [5.74, 6) is -1.28. The summed E-state index contributed by atoms with van der Waals surface area (Å²) >= 11 is 0. The molecule has 0 unspecified atom stereocenters. The number of aliphatic hydroxyl groups excluding tert-OH is 7. The van der Waals surface area contributed by atoms with Crippen LogP contribution < -0.4 is 0 Å². The molecule has 0 heterocycles. The van der Waals surface area contributed by atoms with Crippen LogP contribution in [0.25, 0.3) is 0 Å². The molecule has 0 radical (unpaired) electrons. The molecule has 0 aromatic heterocycles. The van der Waals surface area contributed by atoms with Crippen LogP contribution in [0.1, 0.15) is 6.92 Å². The average Bonchev–Trinajstić information content (AvgIpc) is 2.66. The summed E-state index contributed by atoms with van der Waals surface area (Å²) in [6.45, 7) is -1.05. The summed E-state index contributed by atoms with van der Waals surface area (Å²) in [5.41, 5.74) is 0. The average molecular weight is 504 g/mol. The fourth-order valence-electron chi connectivity index (χ4n) is 1.56. The number of carbonyl (C=O) groups is 2. The molecule has 0 aromatic carbocycles. The van der Waals surface area contributed by atoms with E-state index < -0.39 is 82.5 Å². The third kappa shape index (κ3) is 14.5. The highest BCUT2D eigenvalue weighted by Crippen LogP contribution is 2.11. The van der Waals surface area contributed by atoms with Gasteiger partial charge in [0.05, 0.1) is 12.7 Å². The molecule has 0 saturated carbocycles. The van der Waals surface area contributed by atoms with Gasteiger partial charge in [-0.05, 0) is 6.92 Å². The Balaban J connectivity index is 0. The van der Waals surface area contributed by atoms with Crippen LogP contribution in [0.3, 0.4) is 0 Å². The zero-order chi connectivity index (χ0) is 25.2. The normalized spacial score (nSPS) is 19.0. The zero-order valence-corrected chi connectivity index (χ0v) is 17.3. The van der Waals surface area contributed by atoms with Gasteiger partial charge in [-0.15, -0.1) is 0 Å². The van der Waals surface area contributed by atoms with Crippen LogP contribution in [-0.4, -0.2) is 130 Å². The topological polar surface area (TPSA) is 303 Å². The van der Waals surface area contributed by atoms with Crippen LogP contribution in [0.2, 0.25) is 0 Å². The minimum atomic E-state index is -4.90. The van der Waals surface area contributed by atoms with E-state index in [1.54, 1.807) is 0 Å². The van der Waals surface area contributed by atoms with E-state index >= 15 is 0 Å². The molecule has 31 heavy (non-hydrogen) atoms. The maximum Gasteiger partial charge on any atom is 0.397 e. The number of carbonyl (C=O) groups excluding carboxylic acids is 2. The van der Waals surface area contributed by atoms with Gasteiger partial charge in [0.25, 0.3) is 0 Å². The highest BCUT2D eigenvalue weighted by Gasteiger charge is 2.34. The van der Waals surface area contributed by atoms with E-state index in [1.807, 2.05) is 0 Å². The van der Waals surface area contributed by atoms with Gasteiger partial charge in [0, 0.05) is 0 Å². The second kappa shape index (κ2) is 14.1. The molecule has 0 fully saturated rings. The molecule has 0 aliphatic carbocycles. The van der Waals surface area contributed by atoms with E-state index in [4.69, 9.17) is 44.9 Å². The van der Waals surface area contributed by atoms with E-state index in [1.165, 1.54) is 0 Å². The molecule has 19 heteroatoms. The summed E-state index contributed by atoms with van der Waals surface area (Å²) < 4.78 is 64.7. The van der Waals surface area contributed by atoms with Gasteiger partial charge in [0.1, 0.15) is 43.2 Å². The first-order chi connectivity index (χ1) is 13.9. The Morgan fingerprint density at radius 2 is 1.42 bits per heavy atom. The van der Waals surface area contributed by atoms with Gasteiger partial charge < -0.3 is 40.5 Å². The molecule has 0 amide bonds. The lowest BCUT2D eigenvalue weighted by Gasteiger charge is -2.24. The Kier molecular flexibility index (Phi) is 14.5. The lowest BCUT2D eigenvalue weighted by atomic mass is 10.1. The molecular weight excluding hydrogens is 480 g/mol. The van der Waals surface area contributed by atoms with Crippen molar-refractivity contribution in [1.82, 2.24) is 0 Å². The van der Waals surface area contributed by atoms with Crippen molar-refractivity contribution in [3.63, 3.8) is 0 Å². The predicted molar refractivity (Wildman–Crippen MR) is 93.8 cm³/mol. The van der Waals surface area contributed by atoms with Gasteiger partial charge in [-0.2, -0.15) is 16.8 Å². The quantitative estimate of drug-likeness (QED) is 0.0832. The monoisotopic (exact) mass is 504 g/mol. The van der Waals surface area contributed by atoms with Crippen LogP contribution in [-0.2, 0) is 38.8 Å². The first kappa shape index (κ1) is 32.0. The molecular formula is C12H24O17S2. The van der Waals surface area contributed by atoms with Gasteiger partial charge in [-0.25, -0.2) is 8.37 Å². The largest absolute Gasteiger partial charge is 0.397 e. The van der Waals surface area contributed by atoms with Gasteiger partial charge in [0.15, 0.2) is 12.1 Å². The summed E-state index contributed by atoms with van der Waals surface area (Å²) in [6.07, 6.45) is -13.2. The van der Waals surface area contributed by atoms with Crippen LogP contribution >= 0.6 is 0 Å². The number of hydrogen-bond acceptors (Lipinski definition) is 15. The molecule has 186 valence electrons. The van der Waals surface area contributed by atoms with Gasteiger partial charge in [-0.1, -0.05) is 0 Å². The maximum absolute atomic E-state index is 10.9. The predicted octanol–water partition coefficient (Wildman–Crippen LogP) is -6.07. The summed E-state index contributed by atoms with van der Waals surface area (Å²) in [6, 6.07) is 0. The Bertz CT molecular complexity index is 747. The number of rotatable bonds is 13. The van der Waals surface area contributed by atoms with E-state index in [-0.39, 0.29) is 6.29 Å². The Morgan fingerprint density at radius 1 is 0.935 bits per heavy atom. The van der Waals surface area contributed by atoms with Crippen molar-refractivity contribution in [1.29, 1.82) is 0 Å². The first-order valence-electron chi connectivity index (χ1n) is 7.82. The molecule has 0 rings (SSSR count). The third-order valence-electron chi connectivity index (χ3n) is 3.12. The molecule has 0 aliphatic heterocycles. The lowest BCUT2D eigenvalue weighted by Crippen LogP contribution is -2.46. The Labute approximate surface area is 176 Å². The number of aliphatic hydroxyl groups is 7. The molecule has 7 atom stereocenters. The van der Waals surface area contributed by atoms with Crippen molar-refractivity contribution in [2.45, 2.75) is 49.7 Å². The summed E-state index contributed by atoms with van der Waals surface area (Å²) in [5, 5.41) is 62.4. The van der Waals surface area contributed by atoms with E-state index in [0.717, 1.165) is 6.92 Å². The molecule has 0 aliphatic rings. The van der Waals surface area contributed by atoms with Crippen LogP contribution in [0.4, 0.5) is 0 Å². The van der Waals surface area contributed by atoms with Crippen LogP contribution in [0.5, 0.6) is 0 Å². The second-order valence-corrected chi connectivity index (χ2v) is 7.83. The molecule has 0 spiro atoms. The summed E-state index contributed by atoms with van der Waals surface area (Å²) in [7, 11) is -9.73. The van der Waals surface area contributed by atoms with Crippen molar-refractivity contribution in [2.24, 2.45) is 0 Å². The Hall–Kier alpha value is -1.20. The molecule has 0 aromatic rings. The SMILES string of the molecule is C[C@@H](O)[C@H](OS(=O)(=O)O)[C@H](O)[C@@H](O)C=O.O=C(COS(=O)(=O)O)[C@@H](O)[C@H](O)[C@H](O)CO. The number of hydrogen-bond donors (Lipinski definition) is 9. The highest BCUT2D eigenvalue weighted by atomic mass is 32.3. The fraction of sp³-hybridized carbons (Fsp3) is 0.833. The molecule has 0 bridgehead atoms. The lowest BCUT2D eigenvalue weighted by molar-refractivity contribution is -0.142. The summed E-state index contributed by atoms with van der Waals surface area (Å²) in [4.78, 5) is 21.0. The van der Waals surface area contributed by atoms with E-state index in [9.17, 15) is 26.4 Å². The zero-order valence-electron chi connectivity index (χ0n) is 15.6. The standard InChI is InChI=1S/C6H12O9S.C6H12O8S/c7-1-3(8)5(10)6(11)4(9)2-15-16(12,13)14;1-3(8)6(14-15(11,12)13)5(10)4(9)2-7/h3,5-8,10-11H,1-2H2,(H,12,13,14);2-6,8-10H,1H3,(H,11,12,13)/t3-,5-,6-;3-,4+,5-,6+/m11/s1. The number of aldehydes is 1. The third-order valence-corrected chi connectivity index (χ3v) is 4.00. The second-order valence-electron chi connectivity index (χ2n) is 5.69. The minimum Gasteiger partial charge on any atom is -0.394 e. The van der Waals surface area contributed by atoms with Crippen LogP contribution in [0, 0.1) is 0 Å². The smallest absolute Gasteiger partial charge is 0.394 e. The van der Waals surface area contributed by atoms with Gasteiger partial charge >= 0.3 is 20.8 Å². The number of ketones is 1. The minimum absolute atomic E-state index is 0.0621. The van der Waals surface area contributed by atoms with Crippen LogP contribution in [0.15, 0.2) is 0 Å². The maximum atomic E-state index is 10.9. The van der Waals surface area contributed by atoms with Crippen molar-refractivity contribution in [3.8, 4) is 0 Å². The van der Waals surface area contributed by atoms with Gasteiger partial charge in [-0.3, -0.25) is 13.9 Å². The van der Waals surface area contributed by atoms with Crippen molar-refractivity contribution in [3.05, 3.63) is 0 Å². The van der Waals surface area contributed by atoms with Gasteiger partial charge in [0.2, 0.25) is 0 Å². The highest BCUT2D eigenvalue weighted by molar-refractivity contribution is 7.81. The van der Waals surface area contributed by atoms with E-state index in [0.29, 0.717) is 0 Å². The Morgan fingerprint density at radius 3 is 1.74 bits per heavy atom. The molecule has 17 nitrogen and oxygen atoms in total. The van der Waals surface area contributed by atoms with Crippen molar-refractivity contribution in [2.75, 3.05) is 13.2 Å². The fourth-order valence-corrected chi connectivity index (χ4v) is 2.39. The molecule has 0 saturated heterocycles. The number of Topliss-reactive ketones (excluding diaryl/α,β-unsaturated/α-hetero) is 1.